The van der Waals surface area contributed by atoms with E-state index in [0.29, 0.717) is 36.1 Å². The van der Waals surface area contributed by atoms with Crippen molar-refractivity contribution >= 4 is 33.8 Å². The second kappa shape index (κ2) is 23.7. The molecule has 2 saturated carbocycles. The van der Waals surface area contributed by atoms with Gasteiger partial charge in [-0.15, -0.1) is 0 Å². The van der Waals surface area contributed by atoms with E-state index in [9.17, 15) is 9.59 Å². The van der Waals surface area contributed by atoms with Gasteiger partial charge in [0, 0.05) is 62.5 Å². The van der Waals surface area contributed by atoms with Crippen LogP contribution >= 0.6 is 15.9 Å². The fourth-order valence-electron chi connectivity index (χ4n) is 8.37. The molecule has 0 unspecified atom stereocenters. The lowest BCUT2D eigenvalue weighted by Crippen LogP contribution is -2.50. The number of ether oxygens (including phenoxy) is 4. The summed E-state index contributed by atoms with van der Waals surface area (Å²) in [6.45, 7) is 31.7. The van der Waals surface area contributed by atoms with Crippen LogP contribution in [0.2, 0.25) is 0 Å². The number of hydrogen-bond donors (Lipinski definition) is 1. The molecule has 2 amide bonds. The molecule has 2 saturated heterocycles. The second-order valence-electron chi connectivity index (χ2n) is 21.5. The van der Waals surface area contributed by atoms with E-state index in [1.807, 2.05) is 65.8 Å². The van der Waals surface area contributed by atoms with Crippen molar-refractivity contribution in [3.63, 3.8) is 0 Å². The summed E-state index contributed by atoms with van der Waals surface area (Å²) in [6.07, 6.45) is 10.1. The quantitative estimate of drug-likeness (QED) is 0.317. The number of hydrogen-bond acceptors (Lipinski definition) is 8. The third kappa shape index (κ3) is 18.9. The summed E-state index contributed by atoms with van der Waals surface area (Å²) in [6, 6.07) is 16.6. The lowest BCUT2D eigenvalue weighted by molar-refractivity contribution is 0.0223. The van der Waals surface area contributed by atoms with Crippen molar-refractivity contribution < 1.29 is 28.5 Å². The number of carbonyl (C=O) groups excluding carboxylic acids is 2. The van der Waals surface area contributed by atoms with E-state index in [1.54, 1.807) is 9.80 Å². The van der Waals surface area contributed by atoms with E-state index >= 15 is 0 Å². The van der Waals surface area contributed by atoms with Crippen LogP contribution in [0.15, 0.2) is 53.0 Å². The number of anilines is 1. The molecule has 11 heteroatoms. The molecule has 62 heavy (non-hydrogen) atoms. The molecule has 2 aliphatic carbocycles. The molecule has 4 fully saturated rings. The Bertz CT molecular complexity index is 1600. The molecule has 0 spiro atoms. The van der Waals surface area contributed by atoms with Crippen molar-refractivity contribution in [2.75, 3.05) is 57.3 Å². The van der Waals surface area contributed by atoms with E-state index in [0.717, 1.165) is 79.9 Å². The predicted octanol–water partition coefficient (Wildman–Crippen LogP) is 12.6. The van der Waals surface area contributed by atoms with Crippen molar-refractivity contribution in [2.45, 2.75) is 165 Å². The lowest BCUT2D eigenvalue weighted by atomic mass is 9.72. The third-order valence-corrected chi connectivity index (χ3v) is 12.6. The van der Waals surface area contributed by atoms with Crippen LogP contribution in [-0.4, -0.2) is 97.8 Å². The van der Waals surface area contributed by atoms with Crippen molar-refractivity contribution in [3.8, 4) is 11.5 Å². The van der Waals surface area contributed by atoms with Gasteiger partial charge < -0.3 is 39.0 Å². The molecule has 2 aliphatic heterocycles. The largest absolute Gasteiger partial charge is 0.490 e. The molecule has 6 rings (SSSR count). The molecular weight excluding hydrogens is 844 g/mol. The number of amides is 2. The van der Waals surface area contributed by atoms with Gasteiger partial charge in [-0.25, -0.2) is 9.59 Å². The Hall–Kier alpha value is -3.18. The van der Waals surface area contributed by atoms with E-state index in [2.05, 4.69) is 92.0 Å². The molecule has 0 aromatic heterocycles. The molecule has 2 heterocycles. The summed E-state index contributed by atoms with van der Waals surface area (Å²) in [7, 11) is 0. The Kier molecular flexibility index (Phi) is 20.3. The first-order valence-electron chi connectivity index (χ1n) is 23.1. The molecular formula is C51H85BrN4O6. The second-order valence-corrected chi connectivity index (χ2v) is 22.5. The van der Waals surface area contributed by atoms with E-state index in [-0.39, 0.29) is 25.2 Å². The van der Waals surface area contributed by atoms with Gasteiger partial charge in [-0.05, 0) is 164 Å². The molecule has 4 aliphatic rings. The highest BCUT2D eigenvalue weighted by Gasteiger charge is 2.32. The van der Waals surface area contributed by atoms with Gasteiger partial charge in [0.25, 0.3) is 0 Å². The summed E-state index contributed by atoms with van der Waals surface area (Å²) in [5, 5.41) is 3.18. The molecule has 2 aromatic rings. The van der Waals surface area contributed by atoms with Gasteiger partial charge in [-0.3, -0.25) is 0 Å². The van der Waals surface area contributed by atoms with Gasteiger partial charge in [0.2, 0.25) is 0 Å². The first kappa shape index (κ1) is 53.2. The smallest absolute Gasteiger partial charge is 0.410 e. The van der Waals surface area contributed by atoms with Gasteiger partial charge in [0.1, 0.15) is 22.7 Å². The number of nitrogens with zero attached hydrogens (tertiary/aromatic N) is 3. The van der Waals surface area contributed by atoms with Crippen LogP contribution in [-0.2, 0) is 9.47 Å². The first-order chi connectivity index (χ1) is 28.4. The standard InChI is InChI=1S/C25H40N2O3.C16H23BrO.C9H18N2O2.CH4/c1-24(2,3)19-7-11-21(12-8-19)29-22-13-9-20(10-14-22)26-15-17-27(18-16-26)23(28)30-25(4,5)6;1-16(2,3)12-4-8-14(9-5-12)18-15-10-6-13(17)7-11-15;1-9(2,3)13-8(12)11-6-4-10-5-7-11;/h9-10,13-14,19,21H,7-8,11-12,15-18H2,1-6H3;6-7,10-12,14H,4-5,8-9H2,1-3H3;10H,4-7H2,1-3H3;1H4. The highest BCUT2D eigenvalue weighted by molar-refractivity contribution is 9.10. The van der Waals surface area contributed by atoms with Crippen LogP contribution < -0.4 is 19.7 Å². The summed E-state index contributed by atoms with van der Waals surface area (Å²) in [5.74, 6) is 3.61. The van der Waals surface area contributed by atoms with E-state index in [1.165, 1.54) is 44.2 Å². The van der Waals surface area contributed by atoms with Crippen LogP contribution in [0.25, 0.3) is 0 Å². The number of rotatable bonds is 5. The molecule has 0 radical (unpaired) electrons. The van der Waals surface area contributed by atoms with Gasteiger partial charge in [-0.1, -0.05) is 64.9 Å². The monoisotopic (exact) mass is 929 g/mol. The van der Waals surface area contributed by atoms with Crippen LogP contribution in [0.1, 0.15) is 142 Å². The number of carbonyl (C=O) groups is 2. The molecule has 352 valence electrons. The number of benzene rings is 2. The van der Waals surface area contributed by atoms with Gasteiger partial charge >= 0.3 is 12.2 Å². The average molecular weight is 930 g/mol. The van der Waals surface area contributed by atoms with Crippen molar-refractivity contribution in [2.24, 2.45) is 22.7 Å². The minimum Gasteiger partial charge on any atom is -0.490 e. The average Bonchev–Trinajstić information content (AvgIpc) is 3.18. The van der Waals surface area contributed by atoms with E-state index < -0.39 is 5.60 Å². The van der Waals surface area contributed by atoms with Crippen LogP contribution in [0.3, 0.4) is 0 Å². The zero-order chi connectivity index (χ0) is 45.0. The third-order valence-electron chi connectivity index (χ3n) is 12.1. The molecule has 0 bridgehead atoms. The highest BCUT2D eigenvalue weighted by Crippen LogP contribution is 2.40. The summed E-state index contributed by atoms with van der Waals surface area (Å²) >= 11 is 3.44. The predicted molar refractivity (Wildman–Crippen MR) is 260 cm³/mol. The van der Waals surface area contributed by atoms with Gasteiger partial charge in [0.15, 0.2) is 0 Å². The van der Waals surface area contributed by atoms with Crippen LogP contribution in [0, 0.1) is 22.7 Å². The minimum atomic E-state index is -0.448. The summed E-state index contributed by atoms with van der Waals surface area (Å²) in [4.78, 5) is 29.6. The van der Waals surface area contributed by atoms with Crippen molar-refractivity contribution in [1.29, 1.82) is 0 Å². The normalized spacial score (nSPS) is 22.4. The van der Waals surface area contributed by atoms with Gasteiger partial charge in [0.05, 0.1) is 12.2 Å². The molecule has 10 nitrogen and oxygen atoms in total. The first-order valence-corrected chi connectivity index (χ1v) is 23.8. The fourth-order valence-corrected chi connectivity index (χ4v) is 8.64. The maximum absolute atomic E-state index is 12.2. The molecule has 2 aromatic carbocycles. The van der Waals surface area contributed by atoms with E-state index in [4.69, 9.17) is 18.9 Å². The zero-order valence-corrected chi connectivity index (χ0v) is 41.5. The molecule has 0 atom stereocenters. The SMILES string of the molecule is C.CC(C)(C)C1CCC(Oc2ccc(Br)cc2)CC1.CC(C)(C)OC(=O)N1CCN(c2ccc(OC3CCC(C(C)(C)C)CC3)cc2)CC1.CC(C)(C)OC(=O)N1CCNCC1. The highest BCUT2D eigenvalue weighted by atomic mass is 79.9. The number of halogens is 1. The summed E-state index contributed by atoms with van der Waals surface area (Å²) < 4.78 is 24.1. The fraction of sp³-hybridized carbons (Fsp3) is 0.725. The van der Waals surface area contributed by atoms with Crippen molar-refractivity contribution in [3.05, 3.63) is 53.0 Å². The maximum atomic E-state index is 12.2. The number of piperazine rings is 2. The Balaban J connectivity index is 0.000000272. The Morgan fingerprint density at radius 1 is 0.532 bits per heavy atom. The molecule has 1 N–H and O–H groups in total. The Morgan fingerprint density at radius 3 is 1.24 bits per heavy atom. The van der Waals surface area contributed by atoms with Crippen LogP contribution in [0.4, 0.5) is 15.3 Å². The van der Waals surface area contributed by atoms with Crippen molar-refractivity contribution in [1.82, 2.24) is 15.1 Å². The zero-order valence-electron chi connectivity index (χ0n) is 39.9. The topological polar surface area (TPSA) is 92.8 Å². The Morgan fingerprint density at radius 2 is 0.887 bits per heavy atom. The maximum Gasteiger partial charge on any atom is 0.410 e. The number of nitrogens with one attached hydrogen (secondary N) is 1. The minimum absolute atomic E-state index is 0. The van der Waals surface area contributed by atoms with Gasteiger partial charge in [-0.2, -0.15) is 0 Å². The lowest BCUT2D eigenvalue weighted by Gasteiger charge is -2.37. The summed E-state index contributed by atoms with van der Waals surface area (Å²) in [5.41, 5.74) is 1.20. The Labute approximate surface area is 385 Å². The van der Waals surface area contributed by atoms with Crippen LogP contribution in [0.5, 0.6) is 11.5 Å².